The Bertz CT molecular complexity index is 559. The zero-order chi connectivity index (χ0) is 13.1. The first-order chi connectivity index (χ1) is 8.65. The van der Waals surface area contributed by atoms with Gasteiger partial charge in [0.25, 0.3) is 0 Å². The van der Waals surface area contributed by atoms with Crippen molar-refractivity contribution < 1.29 is 19.0 Å². The van der Waals surface area contributed by atoms with Gasteiger partial charge in [0.15, 0.2) is 5.82 Å². The van der Waals surface area contributed by atoms with Gasteiger partial charge in [-0.15, -0.1) is 0 Å². The predicted octanol–water partition coefficient (Wildman–Crippen LogP) is 1.28. The van der Waals surface area contributed by atoms with Crippen LogP contribution in [0.15, 0.2) is 24.4 Å². The molecule has 1 aromatic carbocycles. The van der Waals surface area contributed by atoms with Crippen molar-refractivity contribution in [2.75, 3.05) is 18.5 Å². The molecular formula is C12H12F2N2O2. The fraction of sp³-hybridized carbons (Fsp3) is 0.250. The highest BCUT2D eigenvalue weighted by Gasteiger charge is 2.12. The molecule has 0 aliphatic carbocycles. The highest BCUT2D eigenvalue weighted by Crippen LogP contribution is 2.25. The maximum Gasteiger partial charge on any atom is 0.152 e. The molecule has 6 heteroatoms. The molecule has 96 valence electrons. The van der Waals surface area contributed by atoms with Crippen LogP contribution in [0, 0.1) is 11.6 Å². The van der Waals surface area contributed by atoms with E-state index in [1.807, 2.05) is 0 Å². The number of hydrogen-bond acceptors (Lipinski definition) is 4. The molecule has 0 saturated heterocycles. The smallest absolute Gasteiger partial charge is 0.152 e. The first-order valence-electron chi connectivity index (χ1n) is 5.37. The van der Waals surface area contributed by atoms with E-state index in [4.69, 9.17) is 10.2 Å². The zero-order valence-corrected chi connectivity index (χ0v) is 9.40. The molecule has 2 rings (SSSR count). The van der Waals surface area contributed by atoms with Crippen LogP contribution >= 0.6 is 0 Å². The molecule has 0 amide bonds. The molecule has 18 heavy (non-hydrogen) atoms. The van der Waals surface area contributed by atoms with Gasteiger partial charge in [0.2, 0.25) is 0 Å². The van der Waals surface area contributed by atoms with E-state index in [2.05, 4.69) is 10.3 Å². The number of aromatic nitrogens is 1. The number of aliphatic hydroxyl groups excluding tert-OH is 2. The molecule has 0 radical (unpaired) electrons. The van der Waals surface area contributed by atoms with Gasteiger partial charge in [-0.2, -0.15) is 0 Å². The van der Waals surface area contributed by atoms with Crippen LogP contribution in [0.25, 0.3) is 10.9 Å². The van der Waals surface area contributed by atoms with Crippen molar-refractivity contribution in [3.8, 4) is 0 Å². The number of fused-ring (bicyclic) bond motifs is 1. The van der Waals surface area contributed by atoms with E-state index >= 15 is 0 Å². The third kappa shape index (κ3) is 2.39. The summed E-state index contributed by atoms with van der Waals surface area (Å²) in [6.07, 6.45) is 1.37. The lowest BCUT2D eigenvalue weighted by molar-refractivity contribution is 0.204. The summed E-state index contributed by atoms with van der Waals surface area (Å²) in [7, 11) is 0. The van der Waals surface area contributed by atoms with Crippen LogP contribution < -0.4 is 5.32 Å². The Morgan fingerprint density at radius 3 is 2.61 bits per heavy atom. The van der Waals surface area contributed by atoms with Crippen LogP contribution in [0.4, 0.5) is 14.5 Å². The van der Waals surface area contributed by atoms with Crippen molar-refractivity contribution in [3.05, 3.63) is 36.0 Å². The van der Waals surface area contributed by atoms with Crippen molar-refractivity contribution in [3.63, 3.8) is 0 Å². The van der Waals surface area contributed by atoms with E-state index < -0.39 is 17.7 Å². The van der Waals surface area contributed by atoms with E-state index in [0.717, 1.165) is 12.1 Å². The first-order valence-corrected chi connectivity index (χ1v) is 5.37. The van der Waals surface area contributed by atoms with E-state index in [9.17, 15) is 8.78 Å². The molecular weight excluding hydrogens is 242 g/mol. The predicted molar refractivity (Wildman–Crippen MR) is 63.2 cm³/mol. The van der Waals surface area contributed by atoms with Crippen molar-refractivity contribution in [2.24, 2.45) is 0 Å². The Morgan fingerprint density at radius 2 is 1.94 bits per heavy atom. The van der Waals surface area contributed by atoms with Crippen molar-refractivity contribution in [1.82, 2.24) is 4.98 Å². The molecule has 4 nitrogen and oxygen atoms in total. The lowest BCUT2D eigenvalue weighted by atomic mass is 10.1. The second-order valence-corrected chi connectivity index (χ2v) is 3.85. The summed E-state index contributed by atoms with van der Waals surface area (Å²) in [4.78, 5) is 3.83. The quantitative estimate of drug-likeness (QED) is 0.769. The van der Waals surface area contributed by atoms with Gasteiger partial charge in [0.05, 0.1) is 19.3 Å². The maximum absolute atomic E-state index is 13.5. The summed E-state index contributed by atoms with van der Waals surface area (Å²) < 4.78 is 26.7. The number of rotatable bonds is 4. The summed E-state index contributed by atoms with van der Waals surface area (Å²) in [5.74, 6) is -1.46. The molecule has 0 saturated carbocycles. The van der Waals surface area contributed by atoms with E-state index in [0.29, 0.717) is 5.69 Å². The van der Waals surface area contributed by atoms with E-state index in [-0.39, 0.29) is 24.1 Å². The normalized spacial score (nSPS) is 11.2. The minimum atomic E-state index is -0.752. The third-order valence-corrected chi connectivity index (χ3v) is 2.56. The molecule has 0 atom stereocenters. The standard InChI is InChI=1S/C12H12F2N2O2/c13-7-3-9-11(16-8(5-17)6-18)1-2-15-12(9)10(14)4-7/h1-4,8,17-18H,5-6H2,(H,15,16). The number of halogens is 2. The first kappa shape index (κ1) is 12.7. The second kappa shape index (κ2) is 5.24. The van der Waals surface area contributed by atoms with Crippen LogP contribution in [0.5, 0.6) is 0 Å². The summed E-state index contributed by atoms with van der Waals surface area (Å²) >= 11 is 0. The largest absolute Gasteiger partial charge is 0.394 e. The monoisotopic (exact) mass is 254 g/mol. The zero-order valence-electron chi connectivity index (χ0n) is 9.40. The minimum absolute atomic E-state index is 0.0380. The maximum atomic E-state index is 13.5. The van der Waals surface area contributed by atoms with Gasteiger partial charge in [0.1, 0.15) is 11.3 Å². The van der Waals surface area contributed by atoms with E-state index in [1.165, 1.54) is 12.3 Å². The molecule has 3 N–H and O–H groups in total. The Balaban J connectivity index is 2.50. The van der Waals surface area contributed by atoms with Gasteiger partial charge in [-0.3, -0.25) is 4.98 Å². The Kier molecular flexibility index (Phi) is 3.69. The summed E-state index contributed by atoms with van der Waals surface area (Å²) in [6, 6.07) is 2.84. The average molecular weight is 254 g/mol. The van der Waals surface area contributed by atoms with Gasteiger partial charge >= 0.3 is 0 Å². The number of nitrogens with one attached hydrogen (secondary N) is 1. The Hall–Kier alpha value is -1.79. The van der Waals surface area contributed by atoms with Crippen LogP contribution in [0.3, 0.4) is 0 Å². The SMILES string of the molecule is OCC(CO)Nc1ccnc2c(F)cc(F)cc12. The molecule has 0 fully saturated rings. The lowest BCUT2D eigenvalue weighted by Crippen LogP contribution is -2.27. The molecule has 0 aliphatic rings. The fourth-order valence-corrected chi connectivity index (χ4v) is 1.67. The molecule has 0 unspecified atom stereocenters. The van der Waals surface area contributed by atoms with Crippen molar-refractivity contribution >= 4 is 16.6 Å². The van der Waals surface area contributed by atoms with Crippen molar-refractivity contribution in [2.45, 2.75) is 6.04 Å². The number of nitrogens with zero attached hydrogens (tertiary/aromatic N) is 1. The summed E-state index contributed by atoms with van der Waals surface area (Å²) in [5.41, 5.74) is 0.447. The Labute approximate surface area is 102 Å². The van der Waals surface area contributed by atoms with E-state index in [1.54, 1.807) is 0 Å². The topological polar surface area (TPSA) is 65.4 Å². The van der Waals surface area contributed by atoms with Crippen LogP contribution in [0.2, 0.25) is 0 Å². The highest BCUT2D eigenvalue weighted by atomic mass is 19.1. The minimum Gasteiger partial charge on any atom is -0.394 e. The third-order valence-electron chi connectivity index (χ3n) is 2.56. The van der Waals surface area contributed by atoms with Gasteiger partial charge < -0.3 is 15.5 Å². The number of pyridine rings is 1. The van der Waals surface area contributed by atoms with Crippen molar-refractivity contribution in [1.29, 1.82) is 0 Å². The number of benzene rings is 1. The molecule has 0 bridgehead atoms. The number of anilines is 1. The summed E-state index contributed by atoms with van der Waals surface area (Å²) in [6.45, 7) is -0.587. The van der Waals surface area contributed by atoms with Gasteiger partial charge in [-0.25, -0.2) is 8.78 Å². The highest BCUT2D eigenvalue weighted by molar-refractivity contribution is 5.91. The van der Waals surface area contributed by atoms with Gasteiger partial charge in [-0.05, 0) is 12.1 Å². The molecule has 1 heterocycles. The Morgan fingerprint density at radius 1 is 1.22 bits per heavy atom. The van der Waals surface area contributed by atoms with Crippen LogP contribution in [-0.2, 0) is 0 Å². The second-order valence-electron chi connectivity index (χ2n) is 3.85. The number of hydrogen-bond donors (Lipinski definition) is 3. The average Bonchev–Trinajstić information content (AvgIpc) is 2.36. The molecule has 2 aromatic rings. The van der Waals surface area contributed by atoms with Gasteiger partial charge in [-0.1, -0.05) is 0 Å². The lowest BCUT2D eigenvalue weighted by Gasteiger charge is -2.16. The molecule has 0 aliphatic heterocycles. The molecule has 1 aromatic heterocycles. The van der Waals surface area contributed by atoms with Gasteiger partial charge in [0, 0.05) is 23.3 Å². The summed E-state index contributed by atoms with van der Waals surface area (Å²) in [5, 5.41) is 21.0. The van der Waals surface area contributed by atoms with Crippen LogP contribution in [0.1, 0.15) is 0 Å². The number of aliphatic hydroxyl groups is 2. The molecule has 0 spiro atoms. The fourth-order valence-electron chi connectivity index (χ4n) is 1.67. The van der Waals surface area contributed by atoms with Crippen LogP contribution in [-0.4, -0.2) is 34.5 Å².